The molecule has 0 amide bonds. The minimum Gasteiger partial charge on any atom is -0.481 e. The van der Waals surface area contributed by atoms with Gasteiger partial charge in [0.25, 0.3) is 0 Å². The highest BCUT2D eigenvalue weighted by Crippen LogP contribution is 2.35. The van der Waals surface area contributed by atoms with Crippen molar-refractivity contribution < 1.29 is 9.90 Å². The Bertz CT molecular complexity index is 442. The van der Waals surface area contributed by atoms with Crippen LogP contribution in [0.15, 0.2) is 6.33 Å². The Morgan fingerprint density at radius 1 is 1.53 bits per heavy atom. The van der Waals surface area contributed by atoms with Crippen molar-refractivity contribution in [1.29, 1.82) is 0 Å². The van der Waals surface area contributed by atoms with Crippen LogP contribution in [0.2, 0.25) is 0 Å². The fourth-order valence-corrected chi connectivity index (χ4v) is 3.14. The molecule has 0 bridgehead atoms. The van der Waals surface area contributed by atoms with Crippen molar-refractivity contribution in [3.63, 3.8) is 0 Å². The summed E-state index contributed by atoms with van der Waals surface area (Å²) in [5.74, 6) is 0.820. The van der Waals surface area contributed by atoms with Crippen molar-refractivity contribution in [3.05, 3.63) is 12.2 Å². The lowest BCUT2D eigenvalue weighted by molar-refractivity contribution is -0.145. The van der Waals surface area contributed by atoms with Gasteiger partial charge in [0.1, 0.15) is 12.2 Å². The van der Waals surface area contributed by atoms with E-state index in [9.17, 15) is 9.90 Å². The summed E-state index contributed by atoms with van der Waals surface area (Å²) >= 11 is 0. The zero-order valence-corrected chi connectivity index (χ0v) is 11.9. The second kappa shape index (κ2) is 5.72. The minimum absolute atomic E-state index is 0.183. The van der Waals surface area contributed by atoms with Crippen molar-refractivity contribution in [1.82, 2.24) is 14.8 Å². The van der Waals surface area contributed by atoms with Crippen LogP contribution in [0.5, 0.6) is 0 Å². The van der Waals surface area contributed by atoms with Crippen LogP contribution >= 0.6 is 0 Å². The minimum atomic E-state index is -0.660. The molecule has 1 fully saturated rings. The largest absolute Gasteiger partial charge is 0.481 e. The van der Waals surface area contributed by atoms with Gasteiger partial charge in [-0.25, -0.2) is 9.67 Å². The first-order chi connectivity index (χ1) is 8.99. The third kappa shape index (κ3) is 3.14. The molecule has 5 nitrogen and oxygen atoms in total. The Balaban J connectivity index is 2.14. The summed E-state index contributed by atoms with van der Waals surface area (Å²) in [4.78, 5) is 15.7. The summed E-state index contributed by atoms with van der Waals surface area (Å²) in [6.45, 7) is 6.34. The molecule has 106 valence electrons. The van der Waals surface area contributed by atoms with Crippen LogP contribution in [0.1, 0.15) is 51.9 Å². The van der Waals surface area contributed by atoms with Crippen LogP contribution < -0.4 is 0 Å². The topological polar surface area (TPSA) is 68.0 Å². The van der Waals surface area contributed by atoms with E-state index in [-0.39, 0.29) is 17.9 Å². The standard InChI is InChI=1S/C14H23N3O2/c1-9(2)17-13(15-8-16-17)7-11-6-10(3)4-5-12(11)14(18)19/h8-12H,4-7H2,1-3H3,(H,18,19). The van der Waals surface area contributed by atoms with E-state index in [4.69, 9.17) is 0 Å². The Morgan fingerprint density at radius 3 is 2.89 bits per heavy atom. The van der Waals surface area contributed by atoms with Crippen molar-refractivity contribution >= 4 is 5.97 Å². The molecule has 1 heterocycles. The molecular weight excluding hydrogens is 242 g/mol. The molecule has 3 atom stereocenters. The van der Waals surface area contributed by atoms with Gasteiger partial charge in [0.05, 0.1) is 5.92 Å². The summed E-state index contributed by atoms with van der Waals surface area (Å²) in [7, 11) is 0. The van der Waals surface area contributed by atoms with Crippen LogP contribution in [-0.4, -0.2) is 25.8 Å². The molecule has 2 rings (SSSR count). The zero-order valence-electron chi connectivity index (χ0n) is 11.9. The average Bonchev–Trinajstić information content (AvgIpc) is 2.76. The molecule has 1 aliphatic carbocycles. The molecule has 1 aromatic rings. The SMILES string of the molecule is CC1CCC(C(=O)O)C(Cc2ncnn2C(C)C)C1. The summed E-state index contributed by atoms with van der Waals surface area (Å²) in [5, 5.41) is 13.6. The Labute approximate surface area is 114 Å². The predicted molar refractivity (Wildman–Crippen MR) is 71.7 cm³/mol. The van der Waals surface area contributed by atoms with E-state index >= 15 is 0 Å². The Hall–Kier alpha value is -1.39. The summed E-state index contributed by atoms with van der Waals surface area (Å²) in [5.41, 5.74) is 0. The third-order valence-corrected chi connectivity index (χ3v) is 4.14. The first-order valence-corrected chi connectivity index (χ1v) is 7.10. The molecule has 3 unspecified atom stereocenters. The Morgan fingerprint density at radius 2 is 2.26 bits per heavy atom. The number of nitrogens with zero attached hydrogens (tertiary/aromatic N) is 3. The van der Waals surface area contributed by atoms with E-state index in [1.807, 2.05) is 4.68 Å². The first-order valence-electron chi connectivity index (χ1n) is 7.10. The normalized spacial score (nSPS) is 27.7. The number of hydrogen-bond donors (Lipinski definition) is 1. The molecule has 0 radical (unpaired) electrons. The number of carbonyl (C=O) groups is 1. The van der Waals surface area contributed by atoms with Gasteiger partial charge in [-0.3, -0.25) is 4.79 Å². The highest BCUT2D eigenvalue weighted by molar-refractivity contribution is 5.70. The predicted octanol–water partition coefficient (Wildman–Crippen LogP) is 2.54. The van der Waals surface area contributed by atoms with Gasteiger partial charge >= 0.3 is 5.97 Å². The van der Waals surface area contributed by atoms with Crippen LogP contribution in [0, 0.1) is 17.8 Å². The van der Waals surface area contributed by atoms with Crippen LogP contribution in [0.3, 0.4) is 0 Å². The van der Waals surface area contributed by atoms with Crippen molar-refractivity contribution in [3.8, 4) is 0 Å². The lowest BCUT2D eigenvalue weighted by atomic mass is 9.73. The quantitative estimate of drug-likeness (QED) is 0.908. The smallest absolute Gasteiger partial charge is 0.306 e. The van der Waals surface area contributed by atoms with Gasteiger partial charge in [-0.1, -0.05) is 6.92 Å². The van der Waals surface area contributed by atoms with E-state index in [1.165, 1.54) is 0 Å². The van der Waals surface area contributed by atoms with E-state index in [0.717, 1.165) is 31.5 Å². The van der Waals surface area contributed by atoms with Crippen molar-refractivity contribution in [2.45, 2.75) is 52.5 Å². The summed E-state index contributed by atoms with van der Waals surface area (Å²) in [6.07, 6.45) is 5.07. The Kier molecular flexibility index (Phi) is 4.22. The molecule has 1 saturated carbocycles. The molecule has 1 aromatic heterocycles. The maximum Gasteiger partial charge on any atom is 0.306 e. The fourth-order valence-electron chi connectivity index (χ4n) is 3.14. The van der Waals surface area contributed by atoms with Gasteiger partial charge in [-0.2, -0.15) is 5.10 Å². The molecule has 1 N–H and O–H groups in total. The molecule has 0 spiro atoms. The highest BCUT2D eigenvalue weighted by atomic mass is 16.4. The molecule has 1 aliphatic rings. The molecule has 0 saturated heterocycles. The number of rotatable bonds is 4. The molecule has 5 heteroatoms. The monoisotopic (exact) mass is 265 g/mol. The summed E-state index contributed by atoms with van der Waals surface area (Å²) in [6, 6.07) is 0.266. The molecule has 0 aliphatic heterocycles. The number of carboxylic acids is 1. The van der Waals surface area contributed by atoms with Gasteiger partial charge in [0, 0.05) is 12.5 Å². The van der Waals surface area contributed by atoms with Gasteiger partial charge in [-0.05, 0) is 44.9 Å². The highest BCUT2D eigenvalue weighted by Gasteiger charge is 2.34. The van der Waals surface area contributed by atoms with Crippen LogP contribution in [0.25, 0.3) is 0 Å². The van der Waals surface area contributed by atoms with Crippen LogP contribution in [-0.2, 0) is 11.2 Å². The third-order valence-electron chi connectivity index (χ3n) is 4.14. The fraction of sp³-hybridized carbons (Fsp3) is 0.786. The summed E-state index contributed by atoms with van der Waals surface area (Å²) < 4.78 is 1.90. The van der Waals surface area contributed by atoms with E-state index < -0.39 is 5.97 Å². The van der Waals surface area contributed by atoms with Gasteiger partial charge in [0.2, 0.25) is 0 Å². The second-order valence-corrected chi connectivity index (χ2v) is 6.04. The van der Waals surface area contributed by atoms with Crippen molar-refractivity contribution in [2.24, 2.45) is 17.8 Å². The lowest BCUT2D eigenvalue weighted by Crippen LogP contribution is -2.32. The maximum absolute atomic E-state index is 11.4. The van der Waals surface area contributed by atoms with E-state index in [1.54, 1.807) is 6.33 Å². The van der Waals surface area contributed by atoms with Gasteiger partial charge < -0.3 is 5.11 Å². The molecule has 0 aromatic carbocycles. The van der Waals surface area contributed by atoms with Crippen molar-refractivity contribution in [2.75, 3.05) is 0 Å². The number of aliphatic carboxylic acids is 1. The van der Waals surface area contributed by atoms with E-state index in [0.29, 0.717) is 5.92 Å². The number of aromatic nitrogens is 3. The van der Waals surface area contributed by atoms with Crippen LogP contribution in [0.4, 0.5) is 0 Å². The number of hydrogen-bond acceptors (Lipinski definition) is 3. The second-order valence-electron chi connectivity index (χ2n) is 6.04. The average molecular weight is 265 g/mol. The van der Waals surface area contributed by atoms with E-state index in [2.05, 4.69) is 30.9 Å². The maximum atomic E-state index is 11.4. The van der Waals surface area contributed by atoms with Gasteiger partial charge in [0.15, 0.2) is 0 Å². The molecule has 19 heavy (non-hydrogen) atoms. The van der Waals surface area contributed by atoms with Gasteiger partial charge in [-0.15, -0.1) is 0 Å². The zero-order chi connectivity index (χ0) is 14.0. The first kappa shape index (κ1) is 14.0. The number of carboxylic acid groups (broad SMARTS) is 1. The lowest BCUT2D eigenvalue weighted by Gasteiger charge is -2.32. The molecular formula is C14H23N3O2.